The third-order valence-corrected chi connectivity index (χ3v) is 4.08. The minimum Gasteiger partial charge on any atom is -0.444 e. The molecule has 0 unspecified atom stereocenters. The van der Waals surface area contributed by atoms with Gasteiger partial charge in [0.2, 0.25) is 0 Å². The summed E-state index contributed by atoms with van der Waals surface area (Å²) in [5.41, 5.74) is 2.26. The summed E-state index contributed by atoms with van der Waals surface area (Å²) in [4.78, 5) is 23.3. The molecule has 0 N–H and O–H groups in total. The summed E-state index contributed by atoms with van der Waals surface area (Å²) in [6, 6.07) is 7.94. The van der Waals surface area contributed by atoms with Gasteiger partial charge in [0.15, 0.2) is 0 Å². The average Bonchev–Trinajstić information content (AvgIpc) is 2.87. The quantitative estimate of drug-likeness (QED) is 0.726. The standard InChI is InChI=1S/C19H24N4O2/c1-6-23(18(24)25-19(2,3)4)12-16-21-17-13-9-7-8-10-14(13)20-11-15(17)22(16)5/h7-11H,6,12H2,1-5H3. The van der Waals surface area contributed by atoms with Gasteiger partial charge in [0.1, 0.15) is 11.4 Å². The molecule has 0 saturated heterocycles. The summed E-state index contributed by atoms with van der Waals surface area (Å²) in [5, 5.41) is 1.02. The van der Waals surface area contributed by atoms with E-state index < -0.39 is 5.60 Å². The van der Waals surface area contributed by atoms with Crippen LogP contribution in [0.2, 0.25) is 0 Å². The highest BCUT2D eigenvalue weighted by Crippen LogP contribution is 2.24. The molecule has 1 aromatic carbocycles. The molecule has 0 atom stereocenters. The van der Waals surface area contributed by atoms with Crippen molar-refractivity contribution in [3.05, 3.63) is 36.3 Å². The van der Waals surface area contributed by atoms with E-state index >= 15 is 0 Å². The third kappa shape index (κ3) is 3.43. The van der Waals surface area contributed by atoms with E-state index in [9.17, 15) is 4.79 Å². The van der Waals surface area contributed by atoms with Gasteiger partial charge in [-0.05, 0) is 33.8 Å². The number of benzene rings is 1. The van der Waals surface area contributed by atoms with Gasteiger partial charge in [-0.15, -0.1) is 0 Å². The number of carbonyl (C=O) groups excluding carboxylic acids is 1. The molecule has 0 bridgehead atoms. The molecule has 0 spiro atoms. The Morgan fingerprint density at radius 1 is 1.28 bits per heavy atom. The molecular weight excluding hydrogens is 316 g/mol. The van der Waals surface area contributed by atoms with E-state index in [1.807, 2.05) is 69.8 Å². The van der Waals surface area contributed by atoms with Gasteiger partial charge in [0.05, 0.1) is 29.3 Å². The van der Waals surface area contributed by atoms with Crippen molar-refractivity contribution in [2.75, 3.05) is 6.54 Å². The summed E-state index contributed by atoms with van der Waals surface area (Å²) in [6.07, 6.45) is 1.50. The van der Waals surface area contributed by atoms with Crippen molar-refractivity contribution >= 4 is 28.0 Å². The van der Waals surface area contributed by atoms with Crippen LogP contribution in [0.4, 0.5) is 4.79 Å². The maximum absolute atomic E-state index is 12.4. The molecule has 0 fully saturated rings. The molecule has 25 heavy (non-hydrogen) atoms. The van der Waals surface area contributed by atoms with Gasteiger partial charge in [0.25, 0.3) is 0 Å². The molecular formula is C19H24N4O2. The number of hydrogen-bond acceptors (Lipinski definition) is 4. The molecule has 0 aliphatic carbocycles. The zero-order valence-electron chi connectivity index (χ0n) is 15.4. The van der Waals surface area contributed by atoms with Crippen LogP contribution in [-0.2, 0) is 18.3 Å². The number of aromatic nitrogens is 3. The average molecular weight is 340 g/mol. The number of aryl methyl sites for hydroxylation is 1. The van der Waals surface area contributed by atoms with Gasteiger partial charge in [-0.1, -0.05) is 18.2 Å². The van der Waals surface area contributed by atoms with Crippen LogP contribution in [0.1, 0.15) is 33.5 Å². The Labute approximate surface area is 147 Å². The lowest BCUT2D eigenvalue weighted by Gasteiger charge is -2.26. The fourth-order valence-electron chi connectivity index (χ4n) is 2.77. The number of carbonyl (C=O) groups is 1. The first-order chi connectivity index (χ1) is 11.8. The van der Waals surface area contributed by atoms with Crippen molar-refractivity contribution in [2.24, 2.45) is 7.05 Å². The molecule has 2 aromatic heterocycles. The first-order valence-corrected chi connectivity index (χ1v) is 8.47. The van der Waals surface area contributed by atoms with E-state index in [0.29, 0.717) is 13.1 Å². The van der Waals surface area contributed by atoms with Crippen molar-refractivity contribution in [1.82, 2.24) is 19.4 Å². The van der Waals surface area contributed by atoms with Crippen LogP contribution in [-0.4, -0.2) is 37.7 Å². The van der Waals surface area contributed by atoms with E-state index in [1.54, 1.807) is 4.90 Å². The number of para-hydroxylation sites is 1. The number of pyridine rings is 1. The van der Waals surface area contributed by atoms with E-state index in [0.717, 1.165) is 27.8 Å². The smallest absolute Gasteiger partial charge is 0.410 e. The number of imidazole rings is 1. The highest BCUT2D eigenvalue weighted by molar-refractivity contribution is 6.01. The highest BCUT2D eigenvalue weighted by Gasteiger charge is 2.23. The van der Waals surface area contributed by atoms with Crippen LogP contribution < -0.4 is 0 Å². The zero-order valence-corrected chi connectivity index (χ0v) is 15.4. The fraction of sp³-hybridized carbons (Fsp3) is 0.421. The van der Waals surface area contributed by atoms with Crippen LogP contribution in [0.15, 0.2) is 30.5 Å². The number of ether oxygens (including phenoxy) is 1. The van der Waals surface area contributed by atoms with Crippen molar-refractivity contribution in [3.8, 4) is 0 Å². The van der Waals surface area contributed by atoms with Gasteiger partial charge in [-0.2, -0.15) is 0 Å². The Balaban J connectivity index is 1.97. The molecule has 3 rings (SSSR count). The minimum absolute atomic E-state index is 0.329. The normalized spacial score (nSPS) is 11.9. The van der Waals surface area contributed by atoms with Gasteiger partial charge in [-0.3, -0.25) is 4.98 Å². The summed E-state index contributed by atoms with van der Waals surface area (Å²) >= 11 is 0. The number of hydrogen-bond donors (Lipinski definition) is 0. The summed E-state index contributed by atoms with van der Waals surface area (Å²) in [7, 11) is 1.95. The summed E-state index contributed by atoms with van der Waals surface area (Å²) < 4.78 is 7.47. The fourth-order valence-corrected chi connectivity index (χ4v) is 2.77. The van der Waals surface area contributed by atoms with Crippen LogP contribution in [0.3, 0.4) is 0 Å². The first-order valence-electron chi connectivity index (χ1n) is 8.47. The van der Waals surface area contributed by atoms with E-state index in [4.69, 9.17) is 9.72 Å². The molecule has 0 aliphatic heterocycles. The van der Waals surface area contributed by atoms with Crippen LogP contribution >= 0.6 is 0 Å². The second-order valence-corrected chi connectivity index (χ2v) is 7.09. The molecule has 3 aromatic rings. The molecule has 132 valence electrons. The Morgan fingerprint density at radius 2 is 2.00 bits per heavy atom. The van der Waals surface area contributed by atoms with E-state index in [1.165, 1.54) is 0 Å². The lowest BCUT2D eigenvalue weighted by molar-refractivity contribution is 0.0238. The first kappa shape index (κ1) is 17.2. The van der Waals surface area contributed by atoms with Gasteiger partial charge < -0.3 is 14.2 Å². The monoisotopic (exact) mass is 340 g/mol. The number of amides is 1. The van der Waals surface area contributed by atoms with Crippen LogP contribution in [0.5, 0.6) is 0 Å². The largest absolute Gasteiger partial charge is 0.444 e. The maximum atomic E-state index is 12.4. The van der Waals surface area contributed by atoms with E-state index in [-0.39, 0.29) is 6.09 Å². The lowest BCUT2D eigenvalue weighted by Crippen LogP contribution is -2.36. The predicted octanol–water partition coefficient (Wildman–Crippen LogP) is 3.88. The van der Waals surface area contributed by atoms with Crippen molar-refractivity contribution in [3.63, 3.8) is 0 Å². The maximum Gasteiger partial charge on any atom is 0.410 e. The molecule has 0 aliphatic rings. The predicted molar refractivity (Wildman–Crippen MR) is 98.3 cm³/mol. The number of rotatable bonds is 3. The van der Waals surface area contributed by atoms with Gasteiger partial charge in [-0.25, -0.2) is 9.78 Å². The summed E-state index contributed by atoms with van der Waals surface area (Å²) in [6.45, 7) is 8.48. The Morgan fingerprint density at radius 3 is 2.68 bits per heavy atom. The molecule has 1 amide bonds. The lowest BCUT2D eigenvalue weighted by atomic mass is 10.2. The summed E-state index contributed by atoms with van der Waals surface area (Å²) in [5.74, 6) is 0.806. The highest BCUT2D eigenvalue weighted by atomic mass is 16.6. The molecule has 6 nitrogen and oxygen atoms in total. The zero-order chi connectivity index (χ0) is 18.2. The Bertz CT molecular complexity index is 924. The second kappa shape index (κ2) is 6.35. The van der Waals surface area contributed by atoms with Gasteiger partial charge >= 0.3 is 6.09 Å². The van der Waals surface area contributed by atoms with Crippen LogP contribution in [0.25, 0.3) is 21.9 Å². The molecule has 2 heterocycles. The van der Waals surface area contributed by atoms with E-state index in [2.05, 4.69) is 4.98 Å². The minimum atomic E-state index is -0.517. The topological polar surface area (TPSA) is 60.2 Å². The second-order valence-electron chi connectivity index (χ2n) is 7.09. The Kier molecular flexibility index (Phi) is 4.37. The van der Waals surface area contributed by atoms with Crippen LogP contribution in [0, 0.1) is 0 Å². The molecule has 6 heteroatoms. The molecule has 0 radical (unpaired) electrons. The van der Waals surface area contributed by atoms with Crippen molar-refractivity contribution in [2.45, 2.75) is 39.8 Å². The van der Waals surface area contributed by atoms with Crippen molar-refractivity contribution in [1.29, 1.82) is 0 Å². The number of fused-ring (bicyclic) bond motifs is 3. The third-order valence-electron chi connectivity index (χ3n) is 4.08. The Hall–Kier alpha value is -2.63. The van der Waals surface area contributed by atoms with Gasteiger partial charge in [0, 0.05) is 19.0 Å². The van der Waals surface area contributed by atoms with Crippen molar-refractivity contribution < 1.29 is 9.53 Å². The number of nitrogens with zero attached hydrogens (tertiary/aromatic N) is 4. The SMILES string of the molecule is CCN(Cc1nc2c3ccccc3ncc2n1C)C(=O)OC(C)(C)C. The molecule has 0 saturated carbocycles.